The van der Waals surface area contributed by atoms with Crippen LogP contribution in [0.25, 0.3) is 0 Å². The SMILES string of the molecule is Cc1ccc(S(=O)(=O)Cc2noc(C(N)C3(C(F)(F)F)CCC3)n2)cc1. The van der Waals surface area contributed by atoms with E-state index in [-0.39, 0.29) is 23.6 Å². The monoisotopic (exact) mass is 389 g/mol. The molecule has 3 rings (SSSR count). The van der Waals surface area contributed by atoms with E-state index in [1.807, 2.05) is 6.92 Å². The fourth-order valence-corrected chi connectivity index (χ4v) is 4.19. The van der Waals surface area contributed by atoms with Crippen molar-refractivity contribution in [2.75, 3.05) is 0 Å². The number of benzene rings is 1. The van der Waals surface area contributed by atoms with Crippen molar-refractivity contribution in [3.8, 4) is 0 Å². The average molecular weight is 389 g/mol. The van der Waals surface area contributed by atoms with E-state index in [9.17, 15) is 21.6 Å². The number of sulfone groups is 1. The highest BCUT2D eigenvalue weighted by Gasteiger charge is 2.63. The molecule has 0 aliphatic heterocycles. The minimum atomic E-state index is -4.49. The Hall–Kier alpha value is -1.94. The van der Waals surface area contributed by atoms with Gasteiger partial charge in [-0.3, -0.25) is 0 Å². The molecular formula is C16H18F3N3O3S. The van der Waals surface area contributed by atoms with Gasteiger partial charge in [-0.25, -0.2) is 8.42 Å². The lowest BCUT2D eigenvalue weighted by Crippen LogP contribution is -2.51. The summed E-state index contributed by atoms with van der Waals surface area (Å²) in [6.45, 7) is 1.82. The maximum Gasteiger partial charge on any atom is 0.396 e. The van der Waals surface area contributed by atoms with Gasteiger partial charge in [-0.2, -0.15) is 18.2 Å². The Bertz CT molecular complexity index is 887. The Balaban J connectivity index is 1.81. The number of alkyl halides is 3. The number of halogens is 3. The Labute approximate surface area is 148 Å². The lowest BCUT2D eigenvalue weighted by molar-refractivity contribution is -0.261. The second kappa shape index (κ2) is 6.34. The standard InChI is InChI=1S/C16H18F3N3O3S/c1-10-3-5-11(6-4-10)26(23,24)9-12-21-14(25-22-12)13(20)15(7-2-8-15)16(17,18)19/h3-6,13H,2,7-9,20H2,1H3. The molecule has 1 aromatic heterocycles. The third-order valence-electron chi connectivity index (χ3n) is 4.85. The predicted octanol–water partition coefficient (Wildman–Crippen LogP) is 3.08. The molecule has 1 aliphatic rings. The van der Waals surface area contributed by atoms with Gasteiger partial charge in [0.2, 0.25) is 5.89 Å². The highest BCUT2D eigenvalue weighted by molar-refractivity contribution is 7.90. The first-order valence-corrected chi connectivity index (χ1v) is 9.65. The molecule has 1 aromatic carbocycles. The Kier molecular flexibility index (Phi) is 4.60. The summed E-state index contributed by atoms with van der Waals surface area (Å²) in [5.74, 6) is -1.19. The van der Waals surface area contributed by atoms with Crippen molar-refractivity contribution in [1.82, 2.24) is 10.1 Å². The van der Waals surface area contributed by atoms with Crippen molar-refractivity contribution in [3.63, 3.8) is 0 Å². The number of aryl methyl sites for hydroxylation is 1. The van der Waals surface area contributed by atoms with Gasteiger partial charge in [-0.1, -0.05) is 29.3 Å². The van der Waals surface area contributed by atoms with Gasteiger partial charge in [0.15, 0.2) is 15.7 Å². The van der Waals surface area contributed by atoms with Gasteiger partial charge in [0.05, 0.1) is 16.4 Å². The zero-order valence-corrected chi connectivity index (χ0v) is 14.8. The molecule has 0 saturated heterocycles. The van der Waals surface area contributed by atoms with Crippen LogP contribution in [0.3, 0.4) is 0 Å². The third-order valence-corrected chi connectivity index (χ3v) is 6.48. The number of nitrogens with zero attached hydrogens (tertiary/aromatic N) is 2. The summed E-state index contributed by atoms with van der Waals surface area (Å²) in [5, 5.41) is 3.51. The molecule has 6 nitrogen and oxygen atoms in total. The van der Waals surface area contributed by atoms with Crippen LogP contribution < -0.4 is 5.73 Å². The van der Waals surface area contributed by atoms with E-state index >= 15 is 0 Å². The summed E-state index contributed by atoms with van der Waals surface area (Å²) in [6.07, 6.45) is -4.31. The first kappa shape index (κ1) is 18.8. The van der Waals surface area contributed by atoms with E-state index in [1.165, 1.54) is 12.1 Å². The highest BCUT2D eigenvalue weighted by Crippen LogP contribution is 2.58. The summed E-state index contributed by atoms with van der Waals surface area (Å²) in [6, 6.07) is 4.68. The van der Waals surface area contributed by atoms with Crippen LogP contribution in [0.4, 0.5) is 13.2 Å². The van der Waals surface area contributed by atoms with Crippen molar-refractivity contribution in [1.29, 1.82) is 0 Å². The maximum atomic E-state index is 13.4. The van der Waals surface area contributed by atoms with Gasteiger partial charge in [-0.05, 0) is 31.9 Å². The predicted molar refractivity (Wildman–Crippen MR) is 85.6 cm³/mol. The number of aromatic nitrogens is 2. The van der Waals surface area contributed by atoms with Crippen molar-refractivity contribution in [2.24, 2.45) is 11.1 Å². The summed E-state index contributed by atoms with van der Waals surface area (Å²) in [7, 11) is -3.75. The second-order valence-electron chi connectivity index (χ2n) is 6.61. The normalized spacial score (nSPS) is 18.3. The fourth-order valence-electron chi connectivity index (χ4n) is 3.02. The van der Waals surface area contributed by atoms with E-state index in [0.717, 1.165) is 5.56 Å². The molecule has 1 fully saturated rings. The lowest BCUT2D eigenvalue weighted by atomic mass is 9.63. The molecule has 1 aliphatic carbocycles. The lowest BCUT2D eigenvalue weighted by Gasteiger charge is -2.45. The topological polar surface area (TPSA) is 99.1 Å². The minimum absolute atomic E-state index is 0.0736. The van der Waals surface area contributed by atoms with Crippen LogP contribution >= 0.6 is 0 Å². The summed E-state index contributed by atoms with van der Waals surface area (Å²) < 4.78 is 69.7. The van der Waals surface area contributed by atoms with Crippen molar-refractivity contribution in [3.05, 3.63) is 41.5 Å². The fraction of sp³-hybridized carbons (Fsp3) is 0.500. The van der Waals surface area contributed by atoms with E-state index < -0.39 is 39.1 Å². The molecule has 1 atom stereocenters. The second-order valence-corrected chi connectivity index (χ2v) is 8.60. The molecule has 0 radical (unpaired) electrons. The van der Waals surface area contributed by atoms with E-state index in [0.29, 0.717) is 6.42 Å². The van der Waals surface area contributed by atoms with Gasteiger partial charge in [-0.15, -0.1) is 0 Å². The molecule has 2 aromatic rings. The van der Waals surface area contributed by atoms with Crippen LogP contribution in [0.5, 0.6) is 0 Å². The summed E-state index contributed by atoms with van der Waals surface area (Å²) in [5.41, 5.74) is 4.57. The van der Waals surface area contributed by atoms with Crippen molar-refractivity contribution < 1.29 is 26.1 Å². The molecule has 0 amide bonds. The van der Waals surface area contributed by atoms with Crippen molar-refractivity contribution >= 4 is 9.84 Å². The number of hydrogen-bond donors (Lipinski definition) is 1. The van der Waals surface area contributed by atoms with Crippen LogP contribution in [0.1, 0.15) is 42.6 Å². The molecule has 1 saturated carbocycles. The van der Waals surface area contributed by atoms with Gasteiger partial charge in [0, 0.05) is 0 Å². The smallest absolute Gasteiger partial charge is 0.338 e. The van der Waals surface area contributed by atoms with E-state index in [4.69, 9.17) is 10.3 Å². The van der Waals surface area contributed by atoms with Crippen molar-refractivity contribution in [2.45, 2.75) is 49.1 Å². The van der Waals surface area contributed by atoms with Crippen LogP contribution in [-0.2, 0) is 15.6 Å². The molecule has 2 N–H and O–H groups in total. The molecule has 1 unspecified atom stereocenters. The van der Waals surface area contributed by atoms with E-state index in [1.54, 1.807) is 12.1 Å². The number of hydrogen-bond acceptors (Lipinski definition) is 6. The van der Waals surface area contributed by atoms with Gasteiger partial charge < -0.3 is 10.3 Å². The van der Waals surface area contributed by atoms with Gasteiger partial charge >= 0.3 is 6.18 Å². The first-order chi connectivity index (χ1) is 12.1. The maximum absolute atomic E-state index is 13.4. The first-order valence-electron chi connectivity index (χ1n) is 7.99. The zero-order chi connectivity index (χ0) is 19.2. The highest BCUT2D eigenvalue weighted by atomic mass is 32.2. The summed E-state index contributed by atoms with van der Waals surface area (Å²) >= 11 is 0. The van der Waals surface area contributed by atoms with Gasteiger partial charge in [0.25, 0.3) is 0 Å². The molecule has 1 heterocycles. The zero-order valence-electron chi connectivity index (χ0n) is 14.0. The Morgan fingerprint density at radius 3 is 2.38 bits per heavy atom. The Morgan fingerprint density at radius 2 is 1.88 bits per heavy atom. The molecular weight excluding hydrogens is 371 g/mol. The van der Waals surface area contributed by atoms with Crippen LogP contribution in [-0.4, -0.2) is 24.7 Å². The number of nitrogens with two attached hydrogens (primary N) is 1. The van der Waals surface area contributed by atoms with Gasteiger partial charge in [0.1, 0.15) is 5.75 Å². The quantitative estimate of drug-likeness (QED) is 0.844. The number of rotatable bonds is 5. The Morgan fingerprint density at radius 1 is 1.27 bits per heavy atom. The molecule has 0 bridgehead atoms. The summed E-state index contributed by atoms with van der Waals surface area (Å²) in [4.78, 5) is 3.89. The minimum Gasteiger partial charge on any atom is -0.338 e. The van der Waals surface area contributed by atoms with Crippen LogP contribution in [0.2, 0.25) is 0 Å². The largest absolute Gasteiger partial charge is 0.396 e. The molecule has 142 valence electrons. The third kappa shape index (κ3) is 3.23. The van der Waals surface area contributed by atoms with Crippen LogP contribution in [0, 0.1) is 12.3 Å². The average Bonchev–Trinajstić information content (AvgIpc) is 2.92. The molecule has 26 heavy (non-hydrogen) atoms. The molecule has 10 heteroatoms. The van der Waals surface area contributed by atoms with E-state index in [2.05, 4.69) is 10.1 Å². The van der Waals surface area contributed by atoms with Crippen LogP contribution in [0.15, 0.2) is 33.7 Å². The molecule has 0 spiro atoms.